The summed E-state index contributed by atoms with van der Waals surface area (Å²) in [6.45, 7) is 4.91. The second kappa shape index (κ2) is 5.89. The number of hydrogen-bond donors (Lipinski definition) is 1. The first-order chi connectivity index (χ1) is 9.15. The van der Waals surface area contributed by atoms with Crippen LogP contribution in [0.5, 0.6) is 0 Å². The molecule has 5 heteroatoms. The van der Waals surface area contributed by atoms with Gasteiger partial charge in [-0.1, -0.05) is 29.3 Å². The Morgan fingerprint density at radius 3 is 2.53 bits per heavy atom. The summed E-state index contributed by atoms with van der Waals surface area (Å²) in [5.41, 5.74) is 2.29. The maximum atomic E-state index is 6.21. The van der Waals surface area contributed by atoms with Gasteiger partial charge >= 0.3 is 0 Å². The average molecular weight is 277 g/mol. The molecule has 0 amide bonds. The topological polar surface area (TPSA) is 41.1 Å². The fourth-order valence-corrected chi connectivity index (χ4v) is 2.04. The number of halogens is 1. The fourth-order valence-electron chi connectivity index (χ4n) is 1.85. The van der Waals surface area contributed by atoms with E-state index < -0.39 is 0 Å². The number of rotatable bonds is 4. The third-order valence-corrected chi connectivity index (χ3v) is 3.13. The molecule has 19 heavy (non-hydrogen) atoms. The minimum atomic E-state index is 0.543. The highest BCUT2D eigenvalue weighted by Crippen LogP contribution is 2.30. The van der Waals surface area contributed by atoms with Crippen molar-refractivity contribution in [1.82, 2.24) is 9.97 Å². The minimum absolute atomic E-state index is 0.543. The Bertz CT molecular complexity index is 554. The Kier molecular flexibility index (Phi) is 4.22. The van der Waals surface area contributed by atoms with Crippen molar-refractivity contribution < 1.29 is 0 Å². The lowest BCUT2D eigenvalue weighted by atomic mass is 10.2. The monoisotopic (exact) mass is 276 g/mol. The second-order valence-corrected chi connectivity index (χ2v) is 4.60. The summed E-state index contributed by atoms with van der Waals surface area (Å²) in [5, 5.41) is 3.47. The molecule has 2 rings (SSSR count). The van der Waals surface area contributed by atoms with Crippen molar-refractivity contribution in [3.05, 3.63) is 41.0 Å². The smallest absolute Gasteiger partial charge is 0.224 e. The van der Waals surface area contributed by atoms with Crippen LogP contribution in [0, 0.1) is 6.92 Å². The number of nitrogens with zero attached hydrogens (tertiary/aromatic N) is 3. The molecule has 0 saturated carbocycles. The van der Waals surface area contributed by atoms with Crippen LogP contribution in [0.15, 0.2) is 30.5 Å². The first-order valence-electron chi connectivity index (χ1n) is 6.20. The van der Waals surface area contributed by atoms with Crippen LogP contribution in [0.4, 0.5) is 17.5 Å². The molecule has 100 valence electrons. The van der Waals surface area contributed by atoms with E-state index in [1.54, 1.807) is 13.2 Å². The summed E-state index contributed by atoms with van der Waals surface area (Å²) in [6, 6.07) is 8.28. The van der Waals surface area contributed by atoms with E-state index in [2.05, 4.69) is 58.3 Å². The lowest BCUT2D eigenvalue weighted by molar-refractivity contribution is 0.977. The molecule has 4 nitrogen and oxygen atoms in total. The predicted molar refractivity (Wildman–Crippen MR) is 80.4 cm³/mol. The summed E-state index contributed by atoms with van der Waals surface area (Å²) >= 11 is 6.21. The average Bonchev–Trinajstić information content (AvgIpc) is 2.43. The van der Waals surface area contributed by atoms with Crippen LogP contribution in [0.1, 0.15) is 12.5 Å². The van der Waals surface area contributed by atoms with Crippen LogP contribution in [0.2, 0.25) is 5.02 Å². The second-order valence-electron chi connectivity index (χ2n) is 4.19. The molecule has 0 aliphatic carbocycles. The molecule has 0 radical (unpaired) electrons. The van der Waals surface area contributed by atoms with Crippen molar-refractivity contribution in [3.63, 3.8) is 0 Å². The summed E-state index contributed by atoms with van der Waals surface area (Å²) in [6.07, 6.45) is 1.62. The number of benzene rings is 1. The van der Waals surface area contributed by atoms with Gasteiger partial charge in [-0.25, -0.2) is 4.98 Å². The molecule has 0 unspecified atom stereocenters. The normalized spacial score (nSPS) is 10.3. The maximum absolute atomic E-state index is 6.21. The van der Waals surface area contributed by atoms with Gasteiger partial charge in [0.1, 0.15) is 5.02 Å². The Morgan fingerprint density at radius 2 is 1.95 bits per heavy atom. The van der Waals surface area contributed by atoms with E-state index in [1.807, 2.05) is 0 Å². The lowest BCUT2D eigenvalue weighted by Gasteiger charge is -2.23. The fraction of sp³-hybridized carbons (Fsp3) is 0.286. The van der Waals surface area contributed by atoms with Gasteiger partial charge < -0.3 is 10.2 Å². The minimum Gasteiger partial charge on any atom is -0.357 e. The Labute approximate surface area is 118 Å². The number of anilines is 3. The number of nitrogens with one attached hydrogen (secondary N) is 1. The van der Waals surface area contributed by atoms with Crippen molar-refractivity contribution in [1.29, 1.82) is 0 Å². The van der Waals surface area contributed by atoms with Crippen molar-refractivity contribution in [2.75, 3.05) is 23.8 Å². The van der Waals surface area contributed by atoms with Crippen LogP contribution in [0.3, 0.4) is 0 Å². The molecule has 1 N–H and O–H groups in total. The number of aromatic nitrogens is 2. The zero-order valence-corrected chi connectivity index (χ0v) is 12.1. The highest BCUT2D eigenvalue weighted by molar-refractivity contribution is 6.33. The molecule has 0 fully saturated rings. The molecule has 1 aromatic heterocycles. The molecular weight excluding hydrogens is 260 g/mol. The van der Waals surface area contributed by atoms with E-state index in [0.29, 0.717) is 16.8 Å². The van der Waals surface area contributed by atoms with Crippen LogP contribution in [-0.2, 0) is 0 Å². The molecule has 1 aromatic carbocycles. The predicted octanol–water partition coefficient (Wildman–Crippen LogP) is 3.64. The Balaban J connectivity index is 2.44. The SMILES string of the molecule is CCN(c1ccc(C)cc1)c1nc(NC)ncc1Cl. The van der Waals surface area contributed by atoms with Gasteiger partial charge in [0, 0.05) is 19.3 Å². The van der Waals surface area contributed by atoms with E-state index in [1.165, 1.54) is 5.56 Å². The van der Waals surface area contributed by atoms with Gasteiger partial charge in [-0.05, 0) is 26.0 Å². The van der Waals surface area contributed by atoms with E-state index in [0.717, 1.165) is 12.2 Å². The summed E-state index contributed by atoms with van der Waals surface area (Å²) in [5.74, 6) is 1.28. The molecule has 0 aliphatic rings. The Morgan fingerprint density at radius 1 is 1.26 bits per heavy atom. The van der Waals surface area contributed by atoms with E-state index >= 15 is 0 Å². The van der Waals surface area contributed by atoms with E-state index in [9.17, 15) is 0 Å². The summed E-state index contributed by atoms with van der Waals surface area (Å²) in [4.78, 5) is 10.6. The first kappa shape index (κ1) is 13.6. The zero-order valence-electron chi connectivity index (χ0n) is 11.3. The molecule has 0 atom stereocenters. The number of aryl methyl sites for hydroxylation is 1. The van der Waals surface area contributed by atoms with Gasteiger partial charge in [0.05, 0.1) is 6.20 Å². The van der Waals surface area contributed by atoms with Gasteiger partial charge in [-0.2, -0.15) is 4.98 Å². The summed E-state index contributed by atoms with van der Waals surface area (Å²) in [7, 11) is 1.79. The van der Waals surface area contributed by atoms with Crippen LogP contribution in [-0.4, -0.2) is 23.6 Å². The Hall–Kier alpha value is -1.81. The standard InChI is InChI=1S/C14H17ClN4/c1-4-19(11-7-5-10(2)6-8-11)13-12(15)9-17-14(16-3)18-13/h5-9H,4H2,1-3H3,(H,16,17,18). The maximum Gasteiger partial charge on any atom is 0.224 e. The van der Waals surface area contributed by atoms with E-state index in [4.69, 9.17) is 11.6 Å². The lowest BCUT2D eigenvalue weighted by Crippen LogP contribution is -2.18. The van der Waals surface area contributed by atoms with Crippen LogP contribution < -0.4 is 10.2 Å². The van der Waals surface area contributed by atoms with Crippen LogP contribution >= 0.6 is 11.6 Å². The van der Waals surface area contributed by atoms with Gasteiger partial charge in [0.2, 0.25) is 5.95 Å². The number of hydrogen-bond acceptors (Lipinski definition) is 4. The van der Waals surface area contributed by atoms with Crippen molar-refractivity contribution in [3.8, 4) is 0 Å². The third-order valence-electron chi connectivity index (χ3n) is 2.87. The molecule has 2 aromatic rings. The highest BCUT2D eigenvalue weighted by atomic mass is 35.5. The molecule has 0 saturated heterocycles. The van der Waals surface area contributed by atoms with Crippen molar-refractivity contribution >= 4 is 29.1 Å². The summed E-state index contributed by atoms with van der Waals surface area (Å²) < 4.78 is 0. The largest absolute Gasteiger partial charge is 0.357 e. The molecule has 0 aliphatic heterocycles. The van der Waals surface area contributed by atoms with Crippen molar-refractivity contribution in [2.24, 2.45) is 0 Å². The van der Waals surface area contributed by atoms with Gasteiger partial charge in [0.15, 0.2) is 5.82 Å². The van der Waals surface area contributed by atoms with Gasteiger partial charge in [0.25, 0.3) is 0 Å². The zero-order chi connectivity index (χ0) is 13.8. The molecular formula is C14H17ClN4. The quantitative estimate of drug-likeness (QED) is 0.926. The highest BCUT2D eigenvalue weighted by Gasteiger charge is 2.13. The van der Waals surface area contributed by atoms with Crippen LogP contribution in [0.25, 0.3) is 0 Å². The molecule has 1 heterocycles. The van der Waals surface area contributed by atoms with Gasteiger partial charge in [-0.3, -0.25) is 0 Å². The molecule has 0 spiro atoms. The molecule has 0 bridgehead atoms. The third kappa shape index (κ3) is 2.96. The van der Waals surface area contributed by atoms with E-state index in [-0.39, 0.29) is 0 Å². The van der Waals surface area contributed by atoms with Gasteiger partial charge in [-0.15, -0.1) is 0 Å². The van der Waals surface area contributed by atoms with Crippen molar-refractivity contribution in [2.45, 2.75) is 13.8 Å². The first-order valence-corrected chi connectivity index (χ1v) is 6.58.